The molecule has 0 atom stereocenters. The van der Waals surface area contributed by atoms with Crippen LogP contribution >= 0.6 is 15.9 Å². The van der Waals surface area contributed by atoms with E-state index in [1.807, 2.05) is 24.3 Å². The van der Waals surface area contributed by atoms with Gasteiger partial charge < -0.3 is 16.4 Å². The highest BCUT2D eigenvalue weighted by Crippen LogP contribution is 2.14. The highest BCUT2D eigenvalue weighted by molar-refractivity contribution is 9.10. The molecule has 0 aliphatic carbocycles. The lowest BCUT2D eigenvalue weighted by atomic mass is 10.2. The van der Waals surface area contributed by atoms with E-state index in [4.69, 9.17) is 5.73 Å². The summed E-state index contributed by atoms with van der Waals surface area (Å²) in [6, 6.07) is 13.9. The molecular formula is C15H14BrN3O2. The molecule has 0 heterocycles. The summed E-state index contributed by atoms with van der Waals surface area (Å²) in [5.74, 6) is -0.672. The van der Waals surface area contributed by atoms with E-state index >= 15 is 0 Å². The lowest BCUT2D eigenvalue weighted by Gasteiger charge is -2.08. The van der Waals surface area contributed by atoms with Gasteiger partial charge in [0.2, 0.25) is 11.8 Å². The van der Waals surface area contributed by atoms with Crippen LogP contribution < -0.4 is 16.4 Å². The first kappa shape index (κ1) is 15.1. The van der Waals surface area contributed by atoms with E-state index in [9.17, 15) is 9.59 Å². The zero-order chi connectivity index (χ0) is 15.2. The minimum atomic E-state index is -0.496. The van der Waals surface area contributed by atoms with E-state index in [2.05, 4.69) is 26.6 Å². The average molecular weight is 348 g/mol. The van der Waals surface area contributed by atoms with Gasteiger partial charge in [0.15, 0.2) is 0 Å². The van der Waals surface area contributed by atoms with Crippen LogP contribution in [0.15, 0.2) is 53.0 Å². The number of anilines is 2. The minimum Gasteiger partial charge on any atom is -0.376 e. The summed E-state index contributed by atoms with van der Waals surface area (Å²) >= 11 is 3.35. The number of hydrogen-bond acceptors (Lipinski definition) is 3. The number of nitrogens with two attached hydrogens (primary N) is 1. The van der Waals surface area contributed by atoms with E-state index in [-0.39, 0.29) is 12.5 Å². The molecule has 0 fully saturated rings. The number of nitrogens with one attached hydrogen (secondary N) is 2. The SMILES string of the molecule is NC(=O)c1ccc(NC(=O)CNc2ccc(Br)cc2)cc1. The fourth-order valence-corrected chi connectivity index (χ4v) is 1.94. The molecule has 2 rings (SSSR count). The molecular weight excluding hydrogens is 334 g/mol. The first-order valence-electron chi connectivity index (χ1n) is 6.24. The van der Waals surface area contributed by atoms with E-state index in [1.54, 1.807) is 24.3 Å². The van der Waals surface area contributed by atoms with Gasteiger partial charge in [0.1, 0.15) is 0 Å². The van der Waals surface area contributed by atoms with Crippen LogP contribution in [0, 0.1) is 0 Å². The third kappa shape index (κ3) is 4.61. The Labute approximate surface area is 130 Å². The van der Waals surface area contributed by atoms with Crippen molar-refractivity contribution in [2.75, 3.05) is 17.2 Å². The van der Waals surface area contributed by atoms with E-state index in [0.29, 0.717) is 11.3 Å². The van der Waals surface area contributed by atoms with Crippen molar-refractivity contribution >= 4 is 39.1 Å². The third-order valence-electron chi connectivity index (χ3n) is 2.75. The van der Waals surface area contributed by atoms with Gasteiger partial charge in [-0.1, -0.05) is 15.9 Å². The van der Waals surface area contributed by atoms with Crippen molar-refractivity contribution in [3.8, 4) is 0 Å². The van der Waals surface area contributed by atoms with E-state index in [1.165, 1.54) is 0 Å². The normalized spacial score (nSPS) is 9.95. The molecule has 0 saturated carbocycles. The van der Waals surface area contributed by atoms with E-state index < -0.39 is 5.91 Å². The number of halogens is 1. The number of carbonyl (C=O) groups is 2. The van der Waals surface area contributed by atoms with Crippen LogP contribution in [-0.2, 0) is 4.79 Å². The fraction of sp³-hybridized carbons (Fsp3) is 0.0667. The predicted octanol–water partition coefficient (Wildman–Crippen LogP) is 2.60. The van der Waals surface area contributed by atoms with Gasteiger partial charge in [-0.15, -0.1) is 0 Å². The molecule has 0 saturated heterocycles. The highest BCUT2D eigenvalue weighted by atomic mass is 79.9. The van der Waals surface area contributed by atoms with Crippen molar-refractivity contribution in [1.82, 2.24) is 0 Å². The minimum absolute atomic E-state index is 0.152. The third-order valence-corrected chi connectivity index (χ3v) is 3.28. The predicted molar refractivity (Wildman–Crippen MR) is 86.2 cm³/mol. The Morgan fingerprint density at radius 2 is 1.52 bits per heavy atom. The molecule has 0 aliphatic heterocycles. The number of rotatable bonds is 5. The number of primary amides is 1. The van der Waals surface area contributed by atoms with Gasteiger partial charge >= 0.3 is 0 Å². The molecule has 0 unspecified atom stereocenters. The van der Waals surface area contributed by atoms with Crippen LogP contribution in [0.4, 0.5) is 11.4 Å². The zero-order valence-corrected chi connectivity index (χ0v) is 12.7. The molecule has 2 aromatic carbocycles. The Balaban J connectivity index is 1.86. The van der Waals surface area contributed by atoms with Gasteiger partial charge in [-0.2, -0.15) is 0 Å². The lowest BCUT2D eigenvalue weighted by Crippen LogP contribution is -2.21. The molecule has 0 aromatic heterocycles. The van der Waals surface area contributed by atoms with Crippen LogP contribution in [0.5, 0.6) is 0 Å². The molecule has 0 bridgehead atoms. The second-order valence-corrected chi connectivity index (χ2v) is 5.27. The van der Waals surface area contributed by atoms with Crippen molar-refractivity contribution in [3.05, 3.63) is 58.6 Å². The molecule has 5 nitrogen and oxygen atoms in total. The molecule has 2 aromatic rings. The van der Waals surface area contributed by atoms with Gasteiger partial charge in [0, 0.05) is 21.4 Å². The number of carbonyl (C=O) groups excluding carboxylic acids is 2. The standard InChI is InChI=1S/C15H14BrN3O2/c16-11-3-7-12(8-4-11)18-9-14(20)19-13-5-1-10(2-6-13)15(17)21/h1-8,18H,9H2,(H2,17,21)(H,19,20). The van der Waals surface area contributed by atoms with Crippen molar-refractivity contribution in [1.29, 1.82) is 0 Å². The van der Waals surface area contributed by atoms with Crippen LogP contribution in [0.25, 0.3) is 0 Å². The van der Waals surface area contributed by atoms with Gasteiger partial charge in [0.25, 0.3) is 0 Å². The summed E-state index contributed by atoms with van der Waals surface area (Å²) in [5, 5.41) is 5.74. The molecule has 0 aliphatic rings. The molecule has 108 valence electrons. The molecule has 0 radical (unpaired) electrons. The highest BCUT2D eigenvalue weighted by Gasteiger charge is 2.04. The van der Waals surface area contributed by atoms with Crippen molar-refractivity contribution in [3.63, 3.8) is 0 Å². The number of benzene rings is 2. The van der Waals surface area contributed by atoms with Gasteiger partial charge in [-0.25, -0.2) is 0 Å². The first-order valence-corrected chi connectivity index (χ1v) is 7.03. The van der Waals surface area contributed by atoms with Crippen LogP contribution in [0.3, 0.4) is 0 Å². The quantitative estimate of drug-likeness (QED) is 0.777. The topological polar surface area (TPSA) is 84.2 Å². The van der Waals surface area contributed by atoms with Gasteiger partial charge in [-0.3, -0.25) is 9.59 Å². The van der Waals surface area contributed by atoms with Crippen LogP contribution in [0.2, 0.25) is 0 Å². The zero-order valence-electron chi connectivity index (χ0n) is 11.1. The Morgan fingerprint density at radius 1 is 0.952 bits per heavy atom. The lowest BCUT2D eigenvalue weighted by molar-refractivity contribution is -0.114. The maximum atomic E-state index is 11.8. The van der Waals surface area contributed by atoms with Crippen molar-refractivity contribution < 1.29 is 9.59 Å². The van der Waals surface area contributed by atoms with Crippen LogP contribution in [-0.4, -0.2) is 18.4 Å². The summed E-state index contributed by atoms with van der Waals surface area (Å²) < 4.78 is 0.979. The maximum absolute atomic E-state index is 11.8. The Bertz CT molecular complexity index is 639. The summed E-state index contributed by atoms with van der Waals surface area (Å²) in [6.07, 6.45) is 0. The Morgan fingerprint density at radius 3 is 2.10 bits per heavy atom. The second-order valence-electron chi connectivity index (χ2n) is 4.35. The Hall–Kier alpha value is -2.34. The molecule has 2 amide bonds. The van der Waals surface area contributed by atoms with Gasteiger partial charge in [0.05, 0.1) is 6.54 Å². The molecule has 21 heavy (non-hydrogen) atoms. The maximum Gasteiger partial charge on any atom is 0.248 e. The summed E-state index contributed by atoms with van der Waals surface area (Å²) in [6.45, 7) is 0.152. The smallest absolute Gasteiger partial charge is 0.248 e. The van der Waals surface area contributed by atoms with E-state index in [0.717, 1.165) is 10.2 Å². The number of hydrogen-bond donors (Lipinski definition) is 3. The summed E-state index contributed by atoms with van der Waals surface area (Å²) in [5.41, 5.74) is 7.02. The summed E-state index contributed by atoms with van der Waals surface area (Å²) in [4.78, 5) is 22.7. The van der Waals surface area contributed by atoms with Gasteiger partial charge in [-0.05, 0) is 48.5 Å². The second kappa shape index (κ2) is 6.90. The molecule has 6 heteroatoms. The first-order chi connectivity index (χ1) is 10.0. The fourth-order valence-electron chi connectivity index (χ4n) is 1.67. The van der Waals surface area contributed by atoms with Crippen molar-refractivity contribution in [2.24, 2.45) is 5.73 Å². The number of amides is 2. The largest absolute Gasteiger partial charge is 0.376 e. The average Bonchev–Trinajstić information content (AvgIpc) is 2.47. The molecule has 4 N–H and O–H groups in total. The van der Waals surface area contributed by atoms with Crippen molar-refractivity contribution in [2.45, 2.75) is 0 Å². The Kier molecular flexibility index (Phi) is 4.94. The van der Waals surface area contributed by atoms with Crippen LogP contribution in [0.1, 0.15) is 10.4 Å². The molecule has 0 spiro atoms. The summed E-state index contributed by atoms with van der Waals surface area (Å²) in [7, 11) is 0. The monoisotopic (exact) mass is 347 g/mol.